The number of ether oxygens (including phenoxy) is 1. The first-order valence-corrected chi connectivity index (χ1v) is 7.23. The highest BCUT2D eigenvalue weighted by atomic mass is 16.6. The molecule has 1 unspecified atom stereocenters. The van der Waals surface area contributed by atoms with Gasteiger partial charge in [0.2, 0.25) is 0 Å². The molecule has 2 aliphatic rings. The van der Waals surface area contributed by atoms with Crippen LogP contribution in [0.5, 0.6) is 5.75 Å². The fraction of sp³-hybridized carbons (Fsp3) is 0.600. The lowest BCUT2D eigenvalue weighted by molar-refractivity contribution is -0.386. The van der Waals surface area contributed by atoms with E-state index in [1.807, 2.05) is 6.07 Å². The molecule has 0 aromatic heterocycles. The highest BCUT2D eigenvalue weighted by Crippen LogP contribution is 2.41. The minimum absolute atomic E-state index is 0.160. The second-order valence-corrected chi connectivity index (χ2v) is 5.85. The molecule has 5 nitrogen and oxygen atoms in total. The van der Waals surface area contributed by atoms with Crippen LogP contribution in [0.25, 0.3) is 0 Å². The van der Waals surface area contributed by atoms with Gasteiger partial charge < -0.3 is 10.1 Å². The van der Waals surface area contributed by atoms with Crippen LogP contribution in [0.4, 0.5) is 5.69 Å². The van der Waals surface area contributed by atoms with E-state index in [9.17, 15) is 10.1 Å². The lowest BCUT2D eigenvalue weighted by Crippen LogP contribution is -2.52. The molecule has 5 heteroatoms. The van der Waals surface area contributed by atoms with Crippen molar-refractivity contribution < 1.29 is 9.66 Å². The van der Waals surface area contributed by atoms with Gasteiger partial charge >= 0.3 is 5.69 Å². The highest BCUT2D eigenvalue weighted by molar-refractivity contribution is 5.57. The van der Waals surface area contributed by atoms with E-state index < -0.39 is 0 Å². The topological polar surface area (TPSA) is 64.4 Å². The summed E-state index contributed by atoms with van der Waals surface area (Å²) < 4.78 is 5.15. The summed E-state index contributed by atoms with van der Waals surface area (Å²) in [6, 6.07) is 3.73. The van der Waals surface area contributed by atoms with Gasteiger partial charge in [-0.15, -0.1) is 0 Å². The number of benzene rings is 1. The van der Waals surface area contributed by atoms with Crippen LogP contribution >= 0.6 is 0 Å². The Bertz CT molecular complexity index is 536. The molecule has 1 aliphatic carbocycles. The van der Waals surface area contributed by atoms with Crippen molar-refractivity contribution in [1.82, 2.24) is 5.32 Å². The Kier molecular flexibility index (Phi) is 3.38. The molecule has 1 aliphatic heterocycles. The van der Waals surface area contributed by atoms with Crippen LogP contribution < -0.4 is 10.1 Å². The fourth-order valence-corrected chi connectivity index (χ4v) is 3.68. The molecule has 1 saturated heterocycles. The van der Waals surface area contributed by atoms with Gasteiger partial charge in [-0.25, -0.2) is 0 Å². The average Bonchev–Trinajstić information content (AvgIpc) is 2.46. The first kappa shape index (κ1) is 13.4. The normalized spacial score (nSPS) is 25.2. The number of fused-ring (bicyclic) bond motifs is 1. The predicted octanol–water partition coefficient (Wildman–Crippen LogP) is 2.60. The van der Waals surface area contributed by atoms with Crippen LogP contribution in [0.1, 0.15) is 36.8 Å². The molecule has 1 aromatic carbocycles. The number of rotatable bonds is 2. The van der Waals surface area contributed by atoms with Crippen molar-refractivity contribution in [1.29, 1.82) is 0 Å². The van der Waals surface area contributed by atoms with E-state index in [-0.39, 0.29) is 16.1 Å². The van der Waals surface area contributed by atoms with E-state index in [4.69, 9.17) is 4.74 Å². The molecule has 0 saturated carbocycles. The number of methoxy groups -OCH3 is 1. The molecule has 1 spiro atoms. The monoisotopic (exact) mass is 276 g/mol. The molecule has 108 valence electrons. The maximum absolute atomic E-state index is 11.3. The predicted molar refractivity (Wildman–Crippen MR) is 76.3 cm³/mol. The Morgan fingerprint density at radius 2 is 2.20 bits per heavy atom. The van der Waals surface area contributed by atoms with Crippen molar-refractivity contribution in [3.63, 3.8) is 0 Å². The third-order valence-electron chi connectivity index (χ3n) is 4.71. The minimum Gasteiger partial charge on any atom is -0.490 e. The maximum Gasteiger partial charge on any atom is 0.314 e. The smallest absolute Gasteiger partial charge is 0.314 e. The minimum atomic E-state index is -0.302. The Hall–Kier alpha value is -1.62. The van der Waals surface area contributed by atoms with E-state index in [0.717, 1.165) is 36.9 Å². The van der Waals surface area contributed by atoms with Gasteiger partial charge in [-0.1, -0.05) is 12.5 Å². The van der Waals surface area contributed by atoms with Crippen LogP contribution in [0.2, 0.25) is 0 Å². The Balaban J connectivity index is 1.99. The number of piperidine rings is 1. The second kappa shape index (κ2) is 5.05. The summed E-state index contributed by atoms with van der Waals surface area (Å²) in [5, 5.41) is 15.0. The van der Waals surface area contributed by atoms with E-state index >= 15 is 0 Å². The molecule has 1 aromatic rings. The van der Waals surface area contributed by atoms with Crippen molar-refractivity contribution in [3.05, 3.63) is 33.4 Å². The summed E-state index contributed by atoms with van der Waals surface area (Å²) in [5.41, 5.74) is 2.30. The van der Waals surface area contributed by atoms with E-state index in [1.54, 1.807) is 6.07 Å². The summed E-state index contributed by atoms with van der Waals surface area (Å²) in [7, 11) is 1.49. The van der Waals surface area contributed by atoms with Crippen molar-refractivity contribution in [2.45, 2.75) is 44.1 Å². The number of nitrogens with one attached hydrogen (secondary N) is 1. The highest BCUT2D eigenvalue weighted by Gasteiger charge is 2.38. The Morgan fingerprint density at radius 1 is 1.35 bits per heavy atom. The number of nitro benzene ring substituents is 1. The molecule has 1 fully saturated rings. The van der Waals surface area contributed by atoms with E-state index in [1.165, 1.54) is 26.4 Å². The zero-order valence-corrected chi connectivity index (χ0v) is 11.8. The van der Waals surface area contributed by atoms with Gasteiger partial charge in [0, 0.05) is 11.1 Å². The molecule has 0 bridgehead atoms. The largest absolute Gasteiger partial charge is 0.490 e. The summed E-state index contributed by atoms with van der Waals surface area (Å²) in [5.74, 6) is 0.376. The zero-order chi connectivity index (χ0) is 14.2. The number of nitro groups is 1. The third-order valence-corrected chi connectivity index (χ3v) is 4.71. The van der Waals surface area contributed by atoms with Crippen LogP contribution in [-0.2, 0) is 12.8 Å². The summed E-state index contributed by atoms with van der Waals surface area (Å²) in [6.07, 6.45) is 6.29. The van der Waals surface area contributed by atoms with Gasteiger partial charge in [0.15, 0.2) is 5.75 Å². The molecular weight excluding hydrogens is 256 g/mol. The average molecular weight is 276 g/mol. The number of hydrogen-bond acceptors (Lipinski definition) is 4. The Morgan fingerprint density at radius 3 is 2.85 bits per heavy atom. The van der Waals surface area contributed by atoms with Gasteiger partial charge in [0.1, 0.15) is 0 Å². The fourth-order valence-electron chi connectivity index (χ4n) is 3.68. The second-order valence-electron chi connectivity index (χ2n) is 5.85. The van der Waals surface area contributed by atoms with Gasteiger partial charge in [0.25, 0.3) is 0 Å². The first-order valence-electron chi connectivity index (χ1n) is 7.23. The summed E-state index contributed by atoms with van der Waals surface area (Å²) >= 11 is 0. The lowest BCUT2D eigenvalue weighted by Gasteiger charge is -2.42. The van der Waals surface area contributed by atoms with Crippen molar-refractivity contribution in [2.24, 2.45) is 0 Å². The third kappa shape index (κ3) is 2.16. The Labute approximate surface area is 118 Å². The summed E-state index contributed by atoms with van der Waals surface area (Å²) in [6.45, 7) is 1.06. The molecule has 1 heterocycles. The molecule has 1 atom stereocenters. The van der Waals surface area contributed by atoms with Gasteiger partial charge in [-0.3, -0.25) is 10.1 Å². The van der Waals surface area contributed by atoms with E-state index in [0.29, 0.717) is 5.75 Å². The van der Waals surface area contributed by atoms with Crippen LogP contribution in [-0.4, -0.2) is 24.1 Å². The van der Waals surface area contributed by atoms with Crippen molar-refractivity contribution >= 4 is 5.69 Å². The quantitative estimate of drug-likeness (QED) is 0.666. The number of nitrogens with zero attached hydrogens (tertiary/aromatic N) is 1. The molecular formula is C15H20N2O3. The first-order chi connectivity index (χ1) is 9.65. The summed E-state index contributed by atoms with van der Waals surface area (Å²) in [4.78, 5) is 11.0. The van der Waals surface area contributed by atoms with Crippen LogP contribution in [0.3, 0.4) is 0 Å². The van der Waals surface area contributed by atoms with Crippen molar-refractivity contribution in [2.75, 3.05) is 13.7 Å². The van der Waals surface area contributed by atoms with Crippen LogP contribution in [0.15, 0.2) is 12.1 Å². The van der Waals surface area contributed by atoms with E-state index in [2.05, 4.69) is 5.32 Å². The zero-order valence-electron chi connectivity index (χ0n) is 11.8. The molecule has 1 N–H and O–H groups in total. The number of hydrogen-bond donors (Lipinski definition) is 1. The van der Waals surface area contributed by atoms with Crippen molar-refractivity contribution in [3.8, 4) is 5.75 Å². The van der Waals surface area contributed by atoms with Gasteiger partial charge in [0.05, 0.1) is 12.0 Å². The SMILES string of the molecule is COc1ccc2c(c1[N+](=O)[O-])CCC1(CCCCN1)C2. The maximum atomic E-state index is 11.3. The van der Waals surface area contributed by atoms with Crippen LogP contribution in [0, 0.1) is 10.1 Å². The molecule has 20 heavy (non-hydrogen) atoms. The standard InChI is InChI=1S/C15H20N2O3/c1-20-13-5-4-11-10-15(7-2-3-9-16-15)8-6-12(11)14(13)17(18)19/h4-5,16H,2-3,6-10H2,1H3. The molecule has 3 rings (SSSR count). The lowest BCUT2D eigenvalue weighted by atomic mass is 9.73. The molecule has 0 radical (unpaired) electrons. The van der Waals surface area contributed by atoms with Gasteiger partial charge in [-0.05, 0) is 50.3 Å². The molecule has 0 amide bonds. The van der Waals surface area contributed by atoms with Gasteiger partial charge in [-0.2, -0.15) is 0 Å².